The summed E-state index contributed by atoms with van der Waals surface area (Å²) >= 11 is 1.52. The number of nitrogens with zero attached hydrogens (tertiary/aromatic N) is 5. The van der Waals surface area contributed by atoms with E-state index in [0.717, 1.165) is 46.1 Å². The zero-order valence-electron chi connectivity index (χ0n) is 17.9. The van der Waals surface area contributed by atoms with Gasteiger partial charge in [0.05, 0.1) is 11.6 Å². The lowest BCUT2D eigenvalue weighted by atomic mass is 9.97. The summed E-state index contributed by atoms with van der Waals surface area (Å²) in [4.78, 5) is 17.4. The number of nitrogens with one attached hydrogen (secondary N) is 2. The SMILES string of the molecule is N#CCCN1C2CCC1CC(Nc1nc(Nc3ncc(CCO)s3)cc3ncccc13)C2. The van der Waals surface area contributed by atoms with Crippen LogP contribution in [0.4, 0.5) is 16.8 Å². The summed E-state index contributed by atoms with van der Waals surface area (Å²) in [5.41, 5.74) is 0.883. The Kier molecular flexibility index (Phi) is 6.17. The highest BCUT2D eigenvalue weighted by molar-refractivity contribution is 7.15. The molecule has 2 aliphatic rings. The summed E-state index contributed by atoms with van der Waals surface area (Å²) in [5.74, 6) is 1.55. The number of rotatable bonds is 8. The van der Waals surface area contributed by atoms with E-state index >= 15 is 0 Å². The Hall–Kier alpha value is -2.80. The van der Waals surface area contributed by atoms with Gasteiger partial charge in [0, 0.05) is 72.8 Å². The molecule has 5 heterocycles. The number of hydrogen-bond donors (Lipinski definition) is 3. The second-order valence-electron chi connectivity index (χ2n) is 8.50. The highest BCUT2D eigenvalue weighted by Crippen LogP contribution is 2.37. The minimum absolute atomic E-state index is 0.116. The van der Waals surface area contributed by atoms with Gasteiger partial charge in [0.15, 0.2) is 5.13 Å². The largest absolute Gasteiger partial charge is 0.396 e. The van der Waals surface area contributed by atoms with Gasteiger partial charge in [-0.15, -0.1) is 11.3 Å². The lowest BCUT2D eigenvalue weighted by molar-refractivity contribution is 0.136. The predicted octanol–water partition coefficient (Wildman–Crippen LogP) is 3.69. The molecular weight excluding hydrogens is 422 g/mol. The van der Waals surface area contributed by atoms with Gasteiger partial charge in [-0.1, -0.05) is 0 Å². The van der Waals surface area contributed by atoms with Crippen molar-refractivity contribution in [1.82, 2.24) is 19.9 Å². The van der Waals surface area contributed by atoms with Gasteiger partial charge in [0.2, 0.25) is 0 Å². The van der Waals surface area contributed by atoms with Crippen LogP contribution in [-0.4, -0.2) is 56.2 Å². The van der Waals surface area contributed by atoms with Gasteiger partial charge in [-0.3, -0.25) is 9.88 Å². The first-order chi connectivity index (χ1) is 15.7. The number of piperidine rings is 1. The molecule has 0 radical (unpaired) electrons. The number of aliphatic hydroxyl groups is 1. The number of fused-ring (bicyclic) bond motifs is 3. The number of thiazole rings is 1. The van der Waals surface area contributed by atoms with E-state index in [2.05, 4.69) is 37.6 Å². The first-order valence-corrected chi connectivity index (χ1v) is 12.0. The van der Waals surface area contributed by atoms with Crippen LogP contribution >= 0.6 is 11.3 Å². The monoisotopic (exact) mass is 449 g/mol. The van der Waals surface area contributed by atoms with Gasteiger partial charge in [-0.05, 0) is 37.8 Å². The highest BCUT2D eigenvalue weighted by atomic mass is 32.1. The van der Waals surface area contributed by atoms with Crippen LogP contribution in [0.2, 0.25) is 0 Å². The zero-order chi connectivity index (χ0) is 21.9. The van der Waals surface area contributed by atoms with E-state index in [4.69, 9.17) is 15.4 Å². The molecule has 3 aromatic rings. The van der Waals surface area contributed by atoms with E-state index in [1.54, 1.807) is 12.4 Å². The van der Waals surface area contributed by atoms with E-state index in [-0.39, 0.29) is 6.61 Å². The minimum atomic E-state index is 0.116. The highest BCUT2D eigenvalue weighted by Gasteiger charge is 2.40. The van der Waals surface area contributed by atoms with Gasteiger partial charge < -0.3 is 15.7 Å². The van der Waals surface area contributed by atoms with Crippen molar-refractivity contribution in [3.63, 3.8) is 0 Å². The zero-order valence-corrected chi connectivity index (χ0v) is 18.7. The van der Waals surface area contributed by atoms with Crippen molar-refractivity contribution in [2.75, 3.05) is 23.8 Å². The van der Waals surface area contributed by atoms with Crippen molar-refractivity contribution in [2.24, 2.45) is 0 Å². The lowest BCUT2D eigenvalue weighted by Gasteiger charge is -2.39. The fourth-order valence-electron chi connectivity index (χ4n) is 5.08. The van der Waals surface area contributed by atoms with Crippen LogP contribution in [0.5, 0.6) is 0 Å². The van der Waals surface area contributed by atoms with Crippen LogP contribution in [0, 0.1) is 11.3 Å². The molecule has 2 saturated heterocycles. The average Bonchev–Trinajstić information content (AvgIpc) is 3.33. The molecule has 32 heavy (non-hydrogen) atoms. The molecule has 2 fully saturated rings. The van der Waals surface area contributed by atoms with Gasteiger partial charge in [0.25, 0.3) is 0 Å². The second kappa shape index (κ2) is 9.36. The molecule has 2 aliphatic heterocycles. The second-order valence-corrected chi connectivity index (χ2v) is 9.62. The Bertz CT molecular complexity index is 1110. The third-order valence-corrected chi connectivity index (χ3v) is 7.43. The van der Waals surface area contributed by atoms with E-state index in [9.17, 15) is 0 Å². The topological polar surface area (TPSA) is 110 Å². The number of aromatic nitrogens is 3. The van der Waals surface area contributed by atoms with Gasteiger partial charge in [0.1, 0.15) is 11.6 Å². The Labute approximate surface area is 191 Å². The van der Waals surface area contributed by atoms with Crippen molar-refractivity contribution in [2.45, 2.75) is 56.7 Å². The van der Waals surface area contributed by atoms with E-state index in [1.165, 1.54) is 24.2 Å². The van der Waals surface area contributed by atoms with Crippen LogP contribution in [0.25, 0.3) is 10.9 Å². The van der Waals surface area contributed by atoms with Crippen LogP contribution in [0.3, 0.4) is 0 Å². The quantitative estimate of drug-likeness (QED) is 0.478. The number of pyridine rings is 2. The molecule has 0 aromatic carbocycles. The Morgan fingerprint density at radius 3 is 2.88 bits per heavy atom. The first kappa shape index (κ1) is 21.1. The Morgan fingerprint density at radius 2 is 2.09 bits per heavy atom. The molecule has 2 bridgehead atoms. The molecule has 3 N–H and O–H groups in total. The van der Waals surface area contributed by atoms with E-state index in [1.807, 2.05) is 12.1 Å². The summed E-state index contributed by atoms with van der Waals surface area (Å²) in [6.45, 7) is 1.00. The van der Waals surface area contributed by atoms with E-state index < -0.39 is 0 Å². The molecule has 0 spiro atoms. The third kappa shape index (κ3) is 4.39. The molecule has 2 unspecified atom stereocenters. The molecule has 3 aromatic heterocycles. The van der Waals surface area contributed by atoms with Crippen molar-refractivity contribution in [1.29, 1.82) is 5.26 Å². The average molecular weight is 450 g/mol. The molecule has 0 amide bonds. The lowest BCUT2D eigenvalue weighted by Crippen LogP contribution is -2.47. The van der Waals surface area contributed by atoms with Crippen molar-refractivity contribution in [3.05, 3.63) is 35.5 Å². The fourth-order valence-corrected chi connectivity index (χ4v) is 5.89. The van der Waals surface area contributed by atoms with Crippen LogP contribution in [0.1, 0.15) is 37.0 Å². The molecule has 166 valence electrons. The summed E-state index contributed by atoms with van der Waals surface area (Å²) in [5, 5.41) is 26.9. The standard InChI is InChI=1S/C23H27N7OS/c24-7-2-9-30-16-4-5-17(30)12-15(11-16)27-22-19-3-1-8-25-20(19)13-21(28-22)29-23-26-14-18(32-23)6-10-31/h1,3,8,13-17,31H,2,4-6,9-12H2,(H2,26,27,28,29). The molecule has 0 aliphatic carbocycles. The smallest absolute Gasteiger partial charge is 0.188 e. The molecule has 8 nitrogen and oxygen atoms in total. The maximum Gasteiger partial charge on any atom is 0.188 e. The predicted molar refractivity (Wildman–Crippen MR) is 126 cm³/mol. The Balaban J connectivity index is 1.36. The molecule has 2 atom stereocenters. The van der Waals surface area contributed by atoms with Gasteiger partial charge in [-0.25, -0.2) is 9.97 Å². The third-order valence-electron chi connectivity index (χ3n) is 6.45. The molecule has 0 saturated carbocycles. The van der Waals surface area contributed by atoms with Crippen LogP contribution in [0.15, 0.2) is 30.6 Å². The number of aliphatic hydroxyl groups excluding tert-OH is 1. The first-order valence-electron chi connectivity index (χ1n) is 11.2. The summed E-state index contributed by atoms with van der Waals surface area (Å²) in [6.07, 6.45) is 9.36. The number of nitriles is 1. The molecular formula is C23H27N7OS. The minimum Gasteiger partial charge on any atom is -0.396 e. The van der Waals surface area contributed by atoms with E-state index in [0.29, 0.717) is 36.8 Å². The van der Waals surface area contributed by atoms with Crippen molar-refractivity contribution in [3.8, 4) is 6.07 Å². The maximum atomic E-state index is 9.14. The summed E-state index contributed by atoms with van der Waals surface area (Å²) in [7, 11) is 0. The number of hydrogen-bond acceptors (Lipinski definition) is 9. The van der Waals surface area contributed by atoms with Gasteiger partial charge in [-0.2, -0.15) is 5.26 Å². The fraction of sp³-hybridized carbons (Fsp3) is 0.478. The number of anilines is 3. The van der Waals surface area contributed by atoms with Crippen LogP contribution in [-0.2, 0) is 6.42 Å². The molecule has 5 rings (SSSR count). The summed E-state index contributed by atoms with van der Waals surface area (Å²) in [6, 6.07) is 9.69. The normalized spacial score (nSPS) is 22.7. The van der Waals surface area contributed by atoms with Gasteiger partial charge >= 0.3 is 0 Å². The Morgan fingerprint density at radius 1 is 1.25 bits per heavy atom. The summed E-state index contributed by atoms with van der Waals surface area (Å²) < 4.78 is 0. The van der Waals surface area contributed by atoms with Crippen molar-refractivity contribution >= 4 is 39.0 Å². The maximum absolute atomic E-state index is 9.14. The molecule has 9 heteroatoms. The van der Waals surface area contributed by atoms with Crippen molar-refractivity contribution < 1.29 is 5.11 Å². The van der Waals surface area contributed by atoms with Crippen LogP contribution < -0.4 is 10.6 Å².